The number of aryl methyl sites for hydroxylation is 1. The fourth-order valence-electron chi connectivity index (χ4n) is 3.36. The molecule has 3 rings (SSSR count). The van der Waals surface area contributed by atoms with E-state index in [-0.39, 0.29) is 19.1 Å². The maximum Gasteiger partial charge on any atom is 0.417 e. The lowest BCUT2D eigenvalue weighted by atomic mass is 10.1. The van der Waals surface area contributed by atoms with Crippen LogP contribution in [0.2, 0.25) is 0 Å². The highest BCUT2D eigenvalue weighted by Gasteiger charge is 2.40. The molecule has 0 unspecified atom stereocenters. The first kappa shape index (κ1) is 20.5. The third-order valence-corrected chi connectivity index (χ3v) is 6.89. The summed E-state index contributed by atoms with van der Waals surface area (Å²) in [6, 6.07) is 6.18. The van der Waals surface area contributed by atoms with E-state index in [1.807, 2.05) is 24.9 Å². The van der Waals surface area contributed by atoms with Crippen LogP contribution < -0.4 is 4.90 Å². The largest absolute Gasteiger partial charge is 0.417 e. The first-order valence-electron chi connectivity index (χ1n) is 8.78. The number of nitrogens with zero attached hydrogens (tertiary/aromatic N) is 4. The van der Waals surface area contributed by atoms with Gasteiger partial charge < -0.3 is 4.90 Å². The van der Waals surface area contributed by atoms with Crippen LogP contribution in [-0.2, 0) is 16.2 Å². The van der Waals surface area contributed by atoms with E-state index in [4.69, 9.17) is 0 Å². The van der Waals surface area contributed by atoms with Crippen molar-refractivity contribution in [2.75, 3.05) is 25.0 Å². The summed E-state index contributed by atoms with van der Waals surface area (Å²) in [5.41, 5.74) is -0.314. The fourth-order valence-corrected chi connectivity index (χ4v) is 5.04. The summed E-state index contributed by atoms with van der Waals surface area (Å²) in [7, 11) is -2.36. The van der Waals surface area contributed by atoms with Gasteiger partial charge in [0.2, 0.25) is 10.0 Å². The molecule has 152 valence electrons. The minimum absolute atomic E-state index is 0.0404. The quantitative estimate of drug-likeness (QED) is 0.769. The molecular formula is C18H21F3N4O2S. The molecule has 6 nitrogen and oxygen atoms in total. The predicted molar refractivity (Wildman–Crippen MR) is 98.4 cm³/mol. The van der Waals surface area contributed by atoms with Gasteiger partial charge in [0, 0.05) is 37.9 Å². The molecule has 0 radical (unpaired) electrons. The Bertz CT molecular complexity index is 942. The monoisotopic (exact) mass is 414 g/mol. The Morgan fingerprint density at radius 2 is 1.79 bits per heavy atom. The molecule has 1 aliphatic rings. The number of sulfonamides is 1. The molecule has 28 heavy (non-hydrogen) atoms. The second-order valence-electron chi connectivity index (χ2n) is 6.76. The van der Waals surface area contributed by atoms with E-state index >= 15 is 0 Å². The number of benzene rings is 1. The van der Waals surface area contributed by atoms with Gasteiger partial charge in [0.1, 0.15) is 12.1 Å². The van der Waals surface area contributed by atoms with Crippen molar-refractivity contribution in [3.05, 3.63) is 47.9 Å². The summed E-state index contributed by atoms with van der Waals surface area (Å²) < 4.78 is 66.5. The van der Waals surface area contributed by atoms with Gasteiger partial charge in [0.05, 0.1) is 10.5 Å². The molecule has 0 N–H and O–H groups in total. The number of halogens is 3. The lowest BCUT2D eigenvalue weighted by Gasteiger charge is -2.36. The molecule has 2 heterocycles. The Morgan fingerprint density at radius 1 is 1.14 bits per heavy atom. The molecule has 1 aromatic heterocycles. The number of hydrogen-bond acceptors (Lipinski definition) is 5. The Labute approximate surface area is 162 Å². The van der Waals surface area contributed by atoms with Crippen molar-refractivity contribution in [3.8, 4) is 0 Å². The summed E-state index contributed by atoms with van der Waals surface area (Å²) in [6.45, 7) is 2.15. The second kappa shape index (κ2) is 7.67. The van der Waals surface area contributed by atoms with Crippen LogP contribution in [0.1, 0.15) is 24.1 Å². The van der Waals surface area contributed by atoms with E-state index in [2.05, 4.69) is 9.97 Å². The average molecular weight is 414 g/mol. The number of rotatable bonds is 4. The smallest absolute Gasteiger partial charge is 0.356 e. The summed E-state index contributed by atoms with van der Waals surface area (Å²) in [5.74, 6) is 0.733. The topological polar surface area (TPSA) is 66.4 Å². The van der Waals surface area contributed by atoms with Gasteiger partial charge in [-0.2, -0.15) is 17.5 Å². The standard InChI is InChI=1S/C18H21F3N4O2S/c1-13-11-17(23-12-22-13)24(2)14-7-9-25(10-8-14)28(26,27)16-6-4-3-5-15(16)18(19,20)21/h3-6,11-12,14H,7-10H2,1-2H3. The van der Waals surface area contributed by atoms with Crippen molar-refractivity contribution < 1.29 is 21.6 Å². The van der Waals surface area contributed by atoms with E-state index < -0.39 is 26.7 Å². The molecule has 1 aliphatic heterocycles. The zero-order chi connectivity index (χ0) is 20.5. The van der Waals surface area contributed by atoms with Crippen molar-refractivity contribution in [3.63, 3.8) is 0 Å². The molecule has 0 aliphatic carbocycles. The molecule has 1 fully saturated rings. The number of piperidine rings is 1. The highest BCUT2D eigenvalue weighted by atomic mass is 32.2. The van der Waals surface area contributed by atoms with Gasteiger partial charge in [-0.3, -0.25) is 0 Å². The lowest BCUT2D eigenvalue weighted by molar-refractivity contribution is -0.139. The molecule has 0 spiro atoms. The molecule has 0 atom stereocenters. The summed E-state index contributed by atoms with van der Waals surface area (Å²) in [6.07, 6.45) is -2.28. The summed E-state index contributed by atoms with van der Waals surface area (Å²) >= 11 is 0. The fraction of sp³-hybridized carbons (Fsp3) is 0.444. The predicted octanol–water partition coefficient (Wildman–Crippen LogP) is 3.09. The van der Waals surface area contributed by atoms with E-state index in [1.54, 1.807) is 0 Å². The summed E-state index contributed by atoms with van der Waals surface area (Å²) in [4.78, 5) is 9.55. The Hall–Kier alpha value is -2.20. The third kappa shape index (κ3) is 4.12. The number of hydrogen-bond donors (Lipinski definition) is 0. The SMILES string of the molecule is Cc1cc(N(C)C2CCN(S(=O)(=O)c3ccccc3C(F)(F)F)CC2)ncn1. The van der Waals surface area contributed by atoms with Gasteiger partial charge in [-0.15, -0.1) is 0 Å². The van der Waals surface area contributed by atoms with E-state index in [1.165, 1.54) is 18.5 Å². The Morgan fingerprint density at radius 3 is 2.39 bits per heavy atom. The molecule has 0 saturated carbocycles. The molecular weight excluding hydrogens is 393 g/mol. The summed E-state index contributed by atoms with van der Waals surface area (Å²) in [5, 5.41) is 0. The van der Waals surface area contributed by atoms with E-state index in [0.717, 1.165) is 27.9 Å². The first-order valence-corrected chi connectivity index (χ1v) is 10.2. The van der Waals surface area contributed by atoms with Gasteiger partial charge >= 0.3 is 6.18 Å². The second-order valence-corrected chi connectivity index (χ2v) is 8.66. The minimum Gasteiger partial charge on any atom is -0.356 e. The highest BCUT2D eigenvalue weighted by Crippen LogP contribution is 2.36. The van der Waals surface area contributed by atoms with Crippen LogP contribution in [0.5, 0.6) is 0 Å². The van der Waals surface area contributed by atoms with Gasteiger partial charge in [0.25, 0.3) is 0 Å². The van der Waals surface area contributed by atoms with Crippen molar-refractivity contribution in [1.82, 2.24) is 14.3 Å². The number of aromatic nitrogens is 2. The minimum atomic E-state index is -4.73. The molecule has 1 saturated heterocycles. The van der Waals surface area contributed by atoms with Crippen molar-refractivity contribution in [2.24, 2.45) is 0 Å². The van der Waals surface area contributed by atoms with Crippen molar-refractivity contribution >= 4 is 15.8 Å². The normalized spacial score (nSPS) is 16.9. The van der Waals surface area contributed by atoms with Crippen molar-refractivity contribution in [2.45, 2.75) is 36.9 Å². The van der Waals surface area contributed by atoms with Crippen LogP contribution >= 0.6 is 0 Å². The zero-order valence-corrected chi connectivity index (χ0v) is 16.3. The lowest BCUT2D eigenvalue weighted by Crippen LogP contribution is -2.46. The molecule has 2 aromatic rings. The molecule has 1 aromatic carbocycles. The van der Waals surface area contributed by atoms with Gasteiger partial charge in [-0.05, 0) is 31.9 Å². The Balaban J connectivity index is 1.76. The Kier molecular flexibility index (Phi) is 5.62. The van der Waals surface area contributed by atoms with Crippen LogP contribution in [0, 0.1) is 6.92 Å². The van der Waals surface area contributed by atoms with Gasteiger partial charge in [-0.25, -0.2) is 18.4 Å². The molecule has 10 heteroatoms. The molecule has 0 amide bonds. The molecule has 0 bridgehead atoms. The van der Waals surface area contributed by atoms with Crippen LogP contribution in [0.15, 0.2) is 41.6 Å². The zero-order valence-electron chi connectivity index (χ0n) is 15.5. The van der Waals surface area contributed by atoms with Crippen LogP contribution in [0.25, 0.3) is 0 Å². The van der Waals surface area contributed by atoms with Gasteiger partial charge in [0.15, 0.2) is 0 Å². The maximum atomic E-state index is 13.2. The number of anilines is 1. The highest BCUT2D eigenvalue weighted by molar-refractivity contribution is 7.89. The van der Waals surface area contributed by atoms with Gasteiger partial charge in [-0.1, -0.05) is 12.1 Å². The van der Waals surface area contributed by atoms with Crippen LogP contribution in [0.3, 0.4) is 0 Å². The van der Waals surface area contributed by atoms with E-state index in [9.17, 15) is 21.6 Å². The van der Waals surface area contributed by atoms with Crippen molar-refractivity contribution in [1.29, 1.82) is 0 Å². The first-order chi connectivity index (χ1) is 13.1. The average Bonchev–Trinajstić information content (AvgIpc) is 2.67. The third-order valence-electron chi connectivity index (χ3n) is 4.93. The maximum absolute atomic E-state index is 13.2. The van der Waals surface area contributed by atoms with Crippen LogP contribution in [-0.4, -0.2) is 48.9 Å². The van der Waals surface area contributed by atoms with E-state index in [0.29, 0.717) is 12.8 Å². The number of alkyl halides is 3. The van der Waals surface area contributed by atoms with Crippen LogP contribution in [0.4, 0.5) is 19.0 Å².